The van der Waals surface area contributed by atoms with Crippen LogP contribution in [-0.2, 0) is 4.74 Å². The van der Waals surface area contributed by atoms with Gasteiger partial charge in [-0.2, -0.15) is 0 Å². The molecule has 0 saturated carbocycles. The first kappa shape index (κ1) is 16.9. The number of hydrogen-bond donors (Lipinski definition) is 1. The zero-order valence-corrected chi connectivity index (χ0v) is 12.8. The molecule has 0 radical (unpaired) electrons. The molecule has 0 aromatic carbocycles. The second kappa shape index (κ2) is 7.34. The van der Waals surface area contributed by atoms with Crippen LogP contribution in [0.3, 0.4) is 0 Å². The van der Waals surface area contributed by atoms with Crippen molar-refractivity contribution in [2.45, 2.75) is 52.6 Å². The number of ether oxygens (including phenoxy) is 1. The molecule has 0 aliphatic rings. The van der Waals surface area contributed by atoms with E-state index in [1.165, 1.54) is 6.42 Å². The summed E-state index contributed by atoms with van der Waals surface area (Å²) in [4.78, 5) is 2.42. The van der Waals surface area contributed by atoms with Gasteiger partial charge in [0, 0.05) is 19.7 Å². The molecule has 17 heavy (non-hydrogen) atoms. The second-order valence-corrected chi connectivity index (χ2v) is 5.98. The third kappa shape index (κ3) is 4.23. The van der Waals surface area contributed by atoms with Crippen LogP contribution in [0.25, 0.3) is 0 Å². The van der Waals surface area contributed by atoms with Gasteiger partial charge in [0.15, 0.2) is 0 Å². The molecular formula is C14H32N2O. The average Bonchev–Trinajstić information content (AvgIpc) is 2.23. The number of hydrogen-bond acceptors (Lipinski definition) is 3. The molecule has 104 valence electrons. The predicted molar refractivity (Wildman–Crippen MR) is 75.2 cm³/mol. The van der Waals surface area contributed by atoms with Crippen LogP contribution in [0.4, 0.5) is 0 Å². The summed E-state index contributed by atoms with van der Waals surface area (Å²) in [5, 5.41) is 0. The minimum absolute atomic E-state index is 0.0525. The molecule has 2 atom stereocenters. The lowest BCUT2D eigenvalue weighted by molar-refractivity contribution is -0.0246. The molecule has 0 amide bonds. The fraction of sp³-hybridized carbons (Fsp3) is 1.00. The van der Waals surface area contributed by atoms with E-state index in [0.717, 1.165) is 0 Å². The first-order valence-corrected chi connectivity index (χ1v) is 6.73. The predicted octanol–water partition coefficient (Wildman–Crippen LogP) is 2.35. The standard InChI is InChI=1S/C14H32N2O/c1-11(2)8-13(5)16(6)14(9-15,10-17-7)12(3)4/h11-13H,8-10,15H2,1-7H3. The van der Waals surface area contributed by atoms with Gasteiger partial charge in [-0.05, 0) is 32.2 Å². The highest BCUT2D eigenvalue weighted by molar-refractivity contribution is 4.95. The summed E-state index contributed by atoms with van der Waals surface area (Å²) in [6, 6.07) is 0.524. The Balaban J connectivity index is 4.90. The number of likely N-dealkylation sites (N-methyl/N-ethyl adjacent to an activating group) is 1. The van der Waals surface area contributed by atoms with Crippen molar-refractivity contribution in [3.05, 3.63) is 0 Å². The number of methoxy groups -OCH3 is 1. The zero-order chi connectivity index (χ0) is 13.6. The normalized spacial score (nSPS) is 17.8. The van der Waals surface area contributed by atoms with Crippen molar-refractivity contribution in [2.24, 2.45) is 17.6 Å². The van der Waals surface area contributed by atoms with E-state index >= 15 is 0 Å². The van der Waals surface area contributed by atoms with E-state index in [1.807, 2.05) is 0 Å². The summed E-state index contributed by atoms with van der Waals surface area (Å²) >= 11 is 0. The van der Waals surface area contributed by atoms with Gasteiger partial charge in [-0.1, -0.05) is 27.7 Å². The van der Waals surface area contributed by atoms with Gasteiger partial charge < -0.3 is 10.5 Å². The molecule has 0 spiro atoms. The van der Waals surface area contributed by atoms with Crippen molar-refractivity contribution in [2.75, 3.05) is 27.3 Å². The van der Waals surface area contributed by atoms with Crippen LogP contribution >= 0.6 is 0 Å². The number of nitrogens with two attached hydrogens (primary N) is 1. The van der Waals surface area contributed by atoms with Crippen molar-refractivity contribution >= 4 is 0 Å². The molecule has 0 aromatic heterocycles. The Labute approximate surface area is 108 Å². The third-order valence-corrected chi connectivity index (χ3v) is 4.00. The topological polar surface area (TPSA) is 38.5 Å². The molecule has 0 fully saturated rings. The van der Waals surface area contributed by atoms with Crippen molar-refractivity contribution < 1.29 is 4.74 Å². The Bertz CT molecular complexity index is 206. The van der Waals surface area contributed by atoms with Crippen molar-refractivity contribution in [1.29, 1.82) is 0 Å². The van der Waals surface area contributed by atoms with Crippen molar-refractivity contribution in [1.82, 2.24) is 4.90 Å². The number of nitrogens with zero attached hydrogens (tertiary/aromatic N) is 1. The molecule has 0 heterocycles. The van der Waals surface area contributed by atoms with E-state index in [-0.39, 0.29) is 5.54 Å². The van der Waals surface area contributed by atoms with Crippen LogP contribution in [0, 0.1) is 11.8 Å². The maximum atomic E-state index is 6.04. The van der Waals surface area contributed by atoms with Crippen LogP contribution in [0.2, 0.25) is 0 Å². The Morgan fingerprint density at radius 1 is 1.18 bits per heavy atom. The lowest BCUT2D eigenvalue weighted by atomic mass is 9.83. The lowest BCUT2D eigenvalue weighted by Crippen LogP contribution is -2.61. The quantitative estimate of drug-likeness (QED) is 0.712. The Hall–Kier alpha value is -0.120. The largest absolute Gasteiger partial charge is 0.383 e. The fourth-order valence-corrected chi connectivity index (χ4v) is 2.64. The highest BCUT2D eigenvalue weighted by Crippen LogP contribution is 2.27. The molecule has 0 aliphatic carbocycles. The average molecular weight is 244 g/mol. The van der Waals surface area contributed by atoms with Crippen LogP contribution in [-0.4, -0.2) is 43.8 Å². The smallest absolute Gasteiger partial charge is 0.0661 e. The first-order chi connectivity index (χ1) is 7.81. The van der Waals surface area contributed by atoms with Crippen molar-refractivity contribution in [3.8, 4) is 0 Å². The van der Waals surface area contributed by atoms with Crippen molar-refractivity contribution in [3.63, 3.8) is 0 Å². The Morgan fingerprint density at radius 2 is 1.71 bits per heavy atom. The Kier molecular flexibility index (Phi) is 7.29. The minimum atomic E-state index is -0.0525. The number of rotatable bonds is 8. The molecule has 3 nitrogen and oxygen atoms in total. The van der Waals surface area contributed by atoms with Gasteiger partial charge in [-0.3, -0.25) is 4.90 Å². The molecule has 0 aliphatic heterocycles. The molecule has 0 aromatic rings. The molecule has 2 unspecified atom stereocenters. The lowest BCUT2D eigenvalue weighted by Gasteiger charge is -2.47. The summed E-state index contributed by atoms with van der Waals surface area (Å²) in [6.45, 7) is 12.6. The van der Waals surface area contributed by atoms with E-state index < -0.39 is 0 Å². The van der Waals surface area contributed by atoms with E-state index in [0.29, 0.717) is 31.0 Å². The van der Waals surface area contributed by atoms with Crippen LogP contribution in [0.15, 0.2) is 0 Å². The van der Waals surface area contributed by atoms with Crippen LogP contribution in [0.1, 0.15) is 41.0 Å². The maximum Gasteiger partial charge on any atom is 0.0661 e. The van der Waals surface area contributed by atoms with E-state index in [4.69, 9.17) is 10.5 Å². The molecule has 0 saturated heterocycles. The summed E-state index contributed by atoms with van der Waals surface area (Å²) in [6.07, 6.45) is 1.19. The molecule has 3 heteroatoms. The van der Waals surface area contributed by atoms with Crippen LogP contribution < -0.4 is 5.73 Å². The van der Waals surface area contributed by atoms with Gasteiger partial charge in [0.1, 0.15) is 0 Å². The fourth-order valence-electron chi connectivity index (χ4n) is 2.64. The van der Waals surface area contributed by atoms with E-state index in [1.54, 1.807) is 7.11 Å². The zero-order valence-electron chi connectivity index (χ0n) is 12.8. The summed E-state index contributed by atoms with van der Waals surface area (Å²) in [5.41, 5.74) is 5.99. The van der Waals surface area contributed by atoms with Gasteiger partial charge in [0.2, 0.25) is 0 Å². The van der Waals surface area contributed by atoms with E-state index in [2.05, 4.69) is 46.6 Å². The van der Waals surface area contributed by atoms with Gasteiger partial charge in [0.05, 0.1) is 12.1 Å². The second-order valence-electron chi connectivity index (χ2n) is 5.98. The summed E-state index contributed by atoms with van der Waals surface area (Å²) in [7, 11) is 3.94. The van der Waals surface area contributed by atoms with Gasteiger partial charge in [0.25, 0.3) is 0 Å². The monoisotopic (exact) mass is 244 g/mol. The summed E-state index contributed by atoms with van der Waals surface area (Å²) in [5.74, 6) is 1.18. The van der Waals surface area contributed by atoms with Gasteiger partial charge >= 0.3 is 0 Å². The first-order valence-electron chi connectivity index (χ1n) is 6.73. The molecule has 2 N–H and O–H groups in total. The van der Waals surface area contributed by atoms with Gasteiger partial charge in [-0.15, -0.1) is 0 Å². The molecule has 0 bridgehead atoms. The third-order valence-electron chi connectivity index (χ3n) is 4.00. The van der Waals surface area contributed by atoms with Gasteiger partial charge in [-0.25, -0.2) is 0 Å². The summed E-state index contributed by atoms with van der Waals surface area (Å²) < 4.78 is 5.41. The highest BCUT2D eigenvalue weighted by atomic mass is 16.5. The Morgan fingerprint density at radius 3 is 2.00 bits per heavy atom. The molecular weight excluding hydrogens is 212 g/mol. The van der Waals surface area contributed by atoms with Crippen LogP contribution in [0.5, 0.6) is 0 Å². The van der Waals surface area contributed by atoms with E-state index in [9.17, 15) is 0 Å². The maximum absolute atomic E-state index is 6.04. The molecule has 0 rings (SSSR count). The minimum Gasteiger partial charge on any atom is -0.383 e. The SMILES string of the molecule is COCC(CN)(C(C)C)N(C)C(C)CC(C)C. The highest BCUT2D eigenvalue weighted by Gasteiger charge is 2.38.